The van der Waals surface area contributed by atoms with Gasteiger partial charge in [0.15, 0.2) is 0 Å². The molecule has 2 heteroatoms. The lowest BCUT2D eigenvalue weighted by atomic mass is 9.89. The van der Waals surface area contributed by atoms with E-state index in [9.17, 15) is 10.2 Å². The summed E-state index contributed by atoms with van der Waals surface area (Å²) in [5.74, 6) is 0.875. The van der Waals surface area contributed by atoms with Crippen molar-refractivity contribution in [3.63, 3.8) is 0 Å². The van der Waals surface area contributed by atoms with Crippen molar-refractivity contribution in [2.24, 2.45) is 0 Å². The Morgan fingerprint density at radius 2 is 1.13 bits per heavy atom. The van der Waals surface area contributed by atoms with E-state index >= 15 is 0 Å². The van der Waals surface area contributed by atoms with Crippen LogP contribution in [0, 0.1) is 0 Å². The number of benzene rings is 3. The summed E-state index contributed by atoms with van der Waals surface area (Å²) in [7, 11) is 0. The summed E-state index contributed by atoms with van der Waals surface area (Å²) in [5, 5.41) is 18.6. The maximum atomic E-state index is 9.29. The summed E-state index contributed by atoms with van der Waals surface area (Å²) in [6.07, 6.45) is 0.982. The highest BCUT2D eigenvalue weighted by Gasteiger charge is 2.11. The molecule has 0 fully saturated rings. The molecule has 23 heavy (non-hydrogen) atoms. The smallest absolute Gasteiger partial charge is 0.115 e. The standard InChI is InChI=1S/C15H16O2.C6H4/c1-2-15(11-3-7-13(16)8-4-11)12-5-9-14(17)10-6-12;1-2-5-4-6(5)3-1/h3-10,15-17H,2H2,1H3;1-4H. The number of phenols is 2. The lowest BCUT2D eigenvalue weighted by Crippen LogP contribution is -1.98. The van der Waals surface area contributed by atoms with Crippen molar-refractivity contribution in [2.45, 2.75) is 19.3 Å². The molecule has 0 aromatic heterocycles. The SMILES string of the molecule is CCC(c1ccc(O)cc1)c1ccc(O)cc1.c1cc2cc-2c1. The summed E-state index contributed by atoms with van der Waals surface area (Å²) in [4.78, 5) is 0. The van der Waals surface area contributed by atoms with E-state index in [1.165, 1.54) is 22.3 Å². The molecule has 0 spiro atoms. The maximum absolute atomic E-state index is 9.29. The van der Waals surface area contributed by atoms with E-state index in [-0.39, 0.29) is 11.5 Å². The average molecular weight is 304 g/mol. The molecule has 2 aliphatic carbocycles. The van der Waals surface area contributed by atoms with E-state index < -0.39 is 0 Å². The second-order valence-electron chi connectivity index (χ2n) is 5.72. The Bertz CT molecular complexity index is 711. The minimum absolute atomic E-state index is 0.286. The first-order chi connectivity index (χ1) is 11.2. The predicted molar refractivity (Wildman–Crippen MR) is 93.8 cm³/mol. The van der Waals surface area contributed by atoms with Gasteiger partial charge in [-0.2, -0.15) is 0 Å². The van der Waals surface area contributed by atoms with E-state index in [0.717, 1.165) is 6.42 Å². The molecule has 116 valence electrons. The molecule has 0 saturated heterocycles. The van der Waals surface area contributed by atoms with Crippen LogP contribution in [-0.4, -0.2) is 10.2 Å². The molecule has 2 N–H and O–H groups in total. The molecule has 4 rings (SSSR count). The molecule has 0 amide bonds. The first kappa shape index (κ1) is 15.2. The normalized spacial score (nSPS) is 10.9. The minimum atomic E-state index is 0.286. The van der Waals surface area contributed by atoms with Gasteiger partial charge in [0, 0.05) is 5.92 Å². The largest absolute Gasteiger partial charge is 0.508 e. The van der Waals surface area contributed by atoms with Gasteiger partial charge in [0.1, 0.15) is 11.5 Å². The minimum Gasteiger partial charge on any atom is -0.508 e. The molecule has 0 radical (unpaired) electrons. The number of phenolic OH excluding ortho intramolecular Hbond substituents is 2. The summed E-state index contributed by atoms with van der Waals surface area (Å²) in [6, 6.07) is 23.1. The van der Waals surface area contributed by atoms with E-state index in [1.54, 1.807) is 24.3 Å². The summed E-state index contributed by atoms with van der Waals surface area (Å²) in [5.41, 5.74) is 5.21. The zero-order valence-electron chi connectivity index (χ0n) is 13.1. The number of hydrogen-bond acceptors (Lipinski definition) is 2. The molecule has 2 aromatic rings. The third-order valence-electron chi connectivity index (χ3n) is 4.11. The molecular formula is C21H20O2. The van der Waals surface area contributed by atoms with Gasteiger partial charge in [0.05, 0.1) is 0 Å². The van der Waals surface area contributed by atoms with E-state index in [1.807, 2.05) is 24.3 Å². The molecule has 0 bridgehead atoms. The summed E-state index contributed by atoms with van der Waals surface area (Å²) < 4.78 is 0. The van der Waals surface area contributed by atoms with Crippen LogP contribution < -0.4 is 0 Å². The Hall–Kier alpha value is -2.74. The number of aromatic hydroxyl groups is 2. The van der Waals surface area contributed by atoms with Crippen LogP contribution in [0.15, 0.2) is 72.8 Å². The highest BCUT2D eigenvalue weighted by atomic mass is 16.3. The highest BCUT2D eigenvalue weighted by molar-refractivity contribution is 5.80. The first-order valence-electron chi connectivity index (χ1n) is 7.85. The molecule has 2 aromatic carbocycles. The number of hydrogen-bond donors (Lipinski definition) is 2. The van der Waals surface area contributed by atoms with Crippen molar-refractivity contribution in [3.8, 4) is 22.6 Å². The number of rotatable bonds is 3. The lowest BCUT2D eigenvalue weighted by Gasteiger charge is -2.16. The second kappa shape index (κ2) is 6.57. The van der Waals surface area contributed by atoms with Crippen LogP contribution in [0.4, 0.5) is 0 Å². The van der Waals surface area contributed by atoms with Gasteiger partial charge in [-0.05, 0) is 59.0 Å². The van der Waals surface area contributed by atoms with Gasteiger partial charge in [-0.15, -0.1) is 0 Å². The first-order valence-corrected chi connectivity index (χ1v) is 7.85. The van der Waals surface area contributed by atoms with Crippen LogP contribution in [0.1, 0.15) is 30.4 Å². The topological polar surface area (TPSA) is 40.5 Å². The summed E-state index contributed by atoms with van der Waals surface area (Å²) in [6.45, 7) is 2.13. The fourth-order valence-corrected chi connectivity index (χ4v) is 2.75. The van der Waals surface area contributed by atoms with E-state index in [0.29, 0.717) is 5.92 Å². The average Bonchev–Trinajstić information content (AvgIpc) is 3.18. The lowest BCUT2D eigenvalue weighted by molar-refractivity contribution is 0.475. The van der Waals surface area contributed by atoms with Gasteiger partial charge in [-0.25, -0.2) is 0 Å². The van der Waals surface area contributed by atoms with E-state index in [4.69, 9.17) is 0 Å². The van der Waals surface area contributed by atoms with Gasteiger partial charge < -0.3 is 10.2 Å². The van der Waals surface area contributed by atoms with Gasteiger partial charge in [-0.3, -0.25) is 0 Å². The van der Waals surface area contributed by atoms with Crippen LogP contribution in [0.3, 0.4) is 0 Å². The summed E-state index contributed by atoms with van der Waals surface area (Å²) >= 11 is 0. The molecule has 2 nitrogen and oxygen atoms in total. The van der Waals surface area contributed by atoms with Gasteiger partial charge in [0.25, 0.3) is 0 Å². The Morgan fingerprint density at radius 1 is 0.696 bits per heavy atom. The predicted octanol–water partition coefficient (Wildman–Crippen LogP) is 5.31. The van der Waals surface area contributed by atoms with Crippen molar-refractivity contribution >= 4 is 0 Å². The Labute approximate surface area is 136 Å². The maximum Gasteiger partial charge on any atom is 0.115 e. The molecule has 0 atom stereocenters. The third-order valence-corrected chi connectivity index (χ3v) is 4.11. The Balaban J connectivity index is 0.000000213. The van der Waals surface area contributed by atoms with Gasteiger partial charge in [0.2, 0.25) is 0 Å². The van der Waals surface area contributed by atoms with Crippen molar-refractivity contribution < 1.29 is 10.2 Å². The monoisotopic (exact) mass is 304 g/mol. The Kier molecular flexibility index (Phi) is 4.33. The van der Waals surface area contributed by atoms with Crippen LogP contribution in [-0.2, 0) is 0 Å². The third kappa shape index (κ3) is 3.72. The Morgan fingerprint density at radius 3 is 1.39 bits per heavy atom. The molecule has 0 aliphatic heterocycles. The second-order valence-corrected chi connectivity index (χ2v) is 5.72. The van der Waals surface area contributed by atoms with Gasteiger partial charge >= 0.3 is 0 Å². The van der Waals surface area contributed by atoms with Crippen LogP contribution in [0.25, 0.3) is 11.1 Å². The zero-order chi connectivity index (χ0) is 16.2. The van der Waals surface area contributed by atoms with Crippen molar-refractivity contribution in [3.05, 3.63) is 83.9 Å². The van der Waals surface area contributed by atoms with Crippen molar-refractivity contribution in [2.75, 3.05) is 0 Å². The molecule has 2 aliphatic rings. The van der Waals surface area contributed by atoms with Crippen molar-refractivity contribution in [1.29, 1.82) is 0 Å². The van der Waals surface area contributed by atoms with Crippen molar-refractivity contribution in [1.82, 2.24) is 0 Å². The molecule has 0 saturated carbocycles. The fourth-order valence-electron chi connectivity index (χ4n) is 2.75. The molecule has 0 heterocycles. The van der Waals surface area contributed by atoms with Crippen LogP contribution in [0.2, 0.25) is 0 Å². The van der Waals surface area contributed by atoms with Crippen LogP contribution in [0.5, 0.6) is 11.5 Å². The number of fused-ring (bicyclic) bond motifs is 1. The van der Waals surface area contributed by atoms with E-state index in [2.05, 4.69) is 31.2 Å². The fraction of sp³-hybridized carbons (Fsp3) is 0.143. The quantitative estimate of drug-likeness (QED) is 0.538. The van der Waals surface area contributed by atoms with Crippen LogP contribution >= 0.6 is 0 Å². The molecule has 0 unspecified atom stereocenters. The van der Waals surface area contributed by atoms with Gasteiger partial charge in [-0.1, -0.05) is 49.4 Å². The zero-order valence-corrected chi connectivity index (χ0v) is 13.1. The highest BCUT2D eigenvalue weighted by Crippen LogP contribution is 2.32. The molecular weight excluding hydrogens is 284 g/mol.